The van der Waals surface area contributed by atoms with Crippen LogP contribution in [0.15, 0.2) is 36.5 Å². The second-order valence-electron chi connectivity index (χ2n) is 4.10. The van der Waals surface area contributed by atoms with Gasteiger partial charge in [-0.2, -0.15) is 5.10 Å². The van der Waals surface area contributed by atoms with E-state index in [1.165, 1.54) is 0 Å². The van der Waals surface area contributed by atoms with Gasteiger partial charge in [0.1, 0.15) is 5.75 Å². The lowest BCUT2D eigenvalue weighted by atomic mass is 10.1. The molecule has 18 heavy (non-hydrogen) atoms. The molecule has 2 aromatic rings. The molecule has 0 atom stereocenters. The van der Waals surface area contributed by atoms with Gasteiger partial charge < -0.3 is 4.74 Å². The third-order valence-electron chi connectivity index (χ3n) is 2.92. The number of ether oxygens (including phenoxy) is 1. The standard InChI is InChI=1S/C14H16N2O2/c1-16-12(8-9-15-16)6-7-14(17)11-4-3-5-13(10-11)18-2/h3-5,8-10H,6-7H2,1-2H3. The van der Waals surface area contributed by atoms with Crippen LogP contribution in [0.1, 0.15) is 22.5 Å². The zero-order valence-electron chi connectivity index (χ0n) is 10.6. The Labute approximate surface area is 106 Å². The SMILES string of the molecule is COc1cccc(C(=O)CCc2ccnn2C)c1. The summed E-state index contributed by atoms with van der Waals surface area (Å²) in [5.41, 5.74) is 1.75. The number of carbonyl (C=O) groups is 1. The number of Topliss-reactive ketones (excluding diaryl/α,β-unsaturated/α-hetero) is 1. The van der Waals surface area contributed by atoms with E-state index in [0.29, 0.717) is 24.2 Å². The van der Waals surface area contributed by atoms with Crippen LogP contribution in [0.2, 0.25) is 0 Å². The number of rotatable bonds is 5. The Kier molecular flexibility index (Phi) is 3.77. The highest BCUT2D eigenvalue weighted by atomic mass is 16.5. The number of ketones is 1. The number of aryl methyl sites for hydroxylation is 2. The Morgan fingerprint density at radius 2 is 2.22 bits per heavy atom. The monoisotopic (exact) mass is 244 g/mol. The zero-order valence-corrected chi connectivity index (χ0v) is 10.6. The summed E-state index contributed by atoms with van der Waals surface area (Å²) in [7, 11) is 3.48. The highest BCUT2D eigenvalue weighted by molar-refractivity contribution is 5.96. The van der Waals surface area contributed by atoms with E-state index >= 15 is 0 Å². The Hall–Kier alpha value is -2.10. The van der Waals surface area contributed by atoms with Crippen LogP contribution in [-0.2, 0) is 13.5 Å². The molecule has 1 aromatic carbocycles. The van der Waals surface area contributed by atoms with E-state index in [4.69, 9.17) is 4.74 Å². The van der Waals surface area contributed by atoms with Crippen LogP contribution < -0.4 is 4.74 Å². The Morgan fingerprint density at radius 3 is 2.89 bits per heavy atom. The maximum Gasteiger partial charge on any atom is 0.163 e. The lowest BCUT2D eigenvalue weighted by Crippen LogP contribution is -2.04. The molecular weight excluding hydrogens is 228 g/mol. The Bertz CT molecular complexity index is 546. The van der Waals surface area contributed by atoms with E-state index in [-0.39, 0.29) is 5.78 Å². The van der Waals surface area contributed by atoms with Crippen molar-refractivity contribution in [3.05, 3.63) is 47.8 Å². The topological polar surface area (TPSA) is 44.1 Å². The maximum atomic E-state index is 12.0. The molecule has 0 aliphatic heterocycles. The highest BCUT2D eigenvalue weighted by Crippen LogP contribution is 2.15. The van der Waals surface area contributed by atoms with Gasteiger partial charge in [0, 0.05) is 30.9 Å². The predicted molar refractivity (Wildman–Crippen MR) is 68.9 cm³/mol. The van der Waals surface area contributed by atoms with E-state index in [2.05, 4.69) is 5.10 Å². The summed E-state index contributed by atoms with van der Waals surface area (Å²) in [6, 6.07) is 9.17. The van der Waals surface area contributed by atoms with Gasteiger partial charge in [0.15, 0.2) is 5.78 Å². The summed E-state index contributed by atoms with van der Waals surface area (Å²) in [6.45, 7) is 0. The van der Waals surface area contributed by atoms with Gasteiger partial charge in [-0.3, -0.25) is 9.48 Å². The van der Waals surface area contributed by atoms with E-state index < -0.39 is 0 Å². The number of hydrogen-bond acceptors (Lipinski definition) is 3. The maximum absolute atomic E-state index is 12.0. The number of nitrogens with zero attached hydrogens (tertiary/aromatic N) is 2. The third-order valence-corrected chi connectivity index (χ3v) is 2.92. The van der Waals surface area contributed by atoms with Crippen LogP contribution >= 0.6 is 0 Å². The lowest BCUT2D eigenvalue weighted by Gasteiger charge is -2.04. The smallest absolute Gasteiger partial charge is 0.163 e. The fraction of sp³-hybridized carbons (Fsp3) is 0.286. The largest absolute Gasteiger partial charge is 0.497 e. The van der Waals surface area contributed by atoms with Gasteiger partial charge >= 0.3 is 0 Å². The van der Waals surface area contributed by atoms with Crippen LogP contribution in [-0.4, -0.2) is 22.7 Å². The summed E-state index contributed by atoms with van der Waals surface area (Å²) in [5.74, 6) is 0.830. The van der Waals surface area contributed by atoms with E-state index in [1.807, 2.05) is 31.3 Å². The first kappa shape index (κ1) is 12.4. The van der Waals surface area contributed by atoms with Gasteiger partial charge in [0.25, 0.3) is 0 Å². The predicted octanol–water partition coefficient (Wildman–Crippen LogP) is 2.24. The average Bonchev–Trinajstić information content (AvgIpc) is 2.81. The molecule has 4 heteroatoms. The minimum Gasteiger partial charge on any atom is -0.497 e. The van der Waals surface area contributed by atoms with E-state index in [0.717, 1.165) is 5.69 Å². The summed E-state index contributed by atoms with van der Waals surface area (Å²) >= 11 is 0. The van der Waals surface area contributed by atoms with Gasteiger partial charge in [-0.05, 0) is 24.6 Å². The van der Waals surface area contributed by atoms with Crippen LogP contribution in [0.3, 0.4) is 0 Å². The van der Waals surface area contributed by atoms with Crippen molar-refractivity contribution >= 4 is 5.78 Å². The second kappa shape index (κ2) is 5.49. The molecule has 0 aliphatic carbocycles. The molecule has 0 bridgehead atoms. The molecule has 0 N–H and O–H groups in total. The normalized spacial score (nSPS) is 10.3. The van der Waals surface area contributed by atoms with Crippen molar-refractivity contribution in [2.24, 2.45) is 7.05 Å². The molecule has 0 saturated heterocycles. The minimum absolute atomic E-state index is 0.120. The Morgan fingerprint density at radius 1 is 1.39 bits per heavy atom. The zero-order chi connectivity index (χ0) is 13.0. The van der Waals surface area contributed by atoms with Gasteiger partial charge in [-0.25, -0.2) is 0 Å². The van der Waals surface area contributed by atoms with Crippen LogP contribution in [0.4, 0.5) is 0 Å². The summed E-state index contributed by atoms with van der Waals surface area (Å²) < 4.78 is 6.90. The van der Waals surface area contributed by atoms with Crippen molar-refractivity contribution < 1.29 is 9.53 Å². The van der Waals surface area contributed by atoms with Crippen molar-refractivity contribution in [2.75, 3.05) is 7.11 Å². The van der Waals surface area contributed by atoms with Crippen LogP contribution in [0, 0.1) is 0 Å². The van der Waals surface area contributed by atoms with Crippen molar-refractivity contribution in [3.63, 3.8) is 0 Å². The molecule has 1 aromatic heterocycles. The fourth-order valence-corrected chi connectivity index (χ4v) is 1.83. The molecule has 4 nitrogen and oxygen atoms in total. The van der Waals surface area contributed by atoms with Gasteiger partial charge in [-0.15, -0.1) is 0 Å². The number of carbonyl (C=O) groups excluding carboxylic acids is 1. The van der Waals surface area contributed by atoms with Gasteiger partial charge in [0.2, 0.25) is 0 Å². The van der Waals surface area contributed by atoms with Gasteiger partial charge in [-0.1, -0.05) is 12.1 Å². The van der Waals surface area contributed by atoms with E-state index in [1.54, 1.807) is 24.1 Å². The van der Waals surface area contributed by atoms with Crippen LogP contribution in [0.25, 0.3) is 0 Å². The van der Waals surface area contributed by atoms with Crippen molar-refractivity contribution in [1.82, 2.24) is 9.78 Å². The second-order valence-corrected chi connectivity index (χ2v) is 4.10. The van der Waals surface area contributed by atoms with Gasteiger partial charge in [0.05, 0.1) is 7.11 Å². The van der Waals surface area contributed by atoms with Crippen molar-refractivity contribution in [3.8, 4) is 5.75 Å². The Balaban J connectivity index is 2.01. The quantitative estimate of drug-likeness (QED) is 0.758. The summed E-state index contributed by atoms with van der Waals surface area (Å²) in [6.07, 6.45) is 2.92. The first-order valence-corrected chi connectivity index (χ1v) is 5.85. The molecule has 0 aliphatic rings. The molecule has 0 spiro atoms. The molecule has 0 fully saturated rings. The third kappa shape index (κ3) is 2.77. The molecule has 0 radical (unpaired) electrons. The fourth-order valence-electron chi connectivity index (χ4n) is 1.83. The molecule has 2 rings (SSSR count). The molecular formula is C14H16N2O2. The number of aromatic nitrogens is 2. The molecule has 1 heterocycles. The molecule has 0 saturated carbocycles. The number of methoxy groups -OCH3 is 1. The van der Waals surface area contributed by atoms with E-state index in [9.17, 15) is 4.79 Å². The van der Waals surface area contributed by atoms with Crippen LogP contribution in [0.5, 0.6) is 5.75 Å². The highest BCUT2D eigenvalue weighted by Gasteiger charge is 2.08. The first-order valence-electron chi connectivity index (χ1n) is 5.85. The van der Waals surface area contributed by atoms with Crippen molar-refractivity contribution in [1.29, 1.82) is 0 Å². The molecule has 0 amide bonds. The van der Waals surface area contributed by atoms with Crippen molar-refractivity contribution in [2.45, 2.75) is 12.8 Å². The number of benzene rings is 1. The molecule has 0 unspecified atom stereocenters. The summed E-state index contributed by atoms with van der Waals surface area (Å²) in [4.78, 5) is 12.0. The summed E-state index contributed by atoms with van der Waals surface area (Å²) in [5, 5.41) is 4.08. The number of hydrogen-bond donors (Lipinski definition) is 0. The lowest BCUT2D eigenvalue weighted by molar-refractivity contribution is 0.0982. The molecule has 94 valence electrons. The first-order chi connectivity index (χ1) is 8.70. The minimum atomic E-state index is 0.120. The average molecular weight is 244 g/mol.